The minimum absolute atomic E-state index is 0.00950. The van der Waals surface area contributed by atoms with Crippen molar-refractivity contribution >= 4 is 17.7 Å². The number of ether oxygens (including phenoxy) is 2. The van der Waals surface area contributed by atoms with Gasteiger partial charge >= 0.3 is 0 Å². The number of hydrogen-bond acceptors (Lipinski definition) is 8. The molecule has 43 heavy (non-hydrogen) atoms. The first kappa shape index (κ1) is 30.5. The highest BCUT2D eigenvalue weighted by molar-refractivity contribution is 5.93. The van der Waals surface area contributed by atoms with Crippen LogP contribution in [0, 0.1) is 28.1 Å². The Labute approximate surface area is 254 Å². The fourth-order valence-corrected chi connectivity index (χ4v) is 8.05. The summed E-state index contributed by atoms with van der Waals surface area (Å²) in [6, 6.07) is -0.681. The Kier molecular flexibility index (Phi) is 7.69. The molecular weight excluding hydrogens is 552 g/mol. The molecule has 4 saturated heterocycles. The van der Waals surface area contributed by atoms with E-state index in [0.29, 0.717) is 44.9 Å². The van der Waals surface area contributed by atoms with Crippen molar-refractivity contribution in [1.29, 1.82) is 0 Å². The molecule has 1 aromatic heterocycles. The summed E-state index contributed by atoms with van der Waals surface area (Å²) in [7, 11) is 0. The van der Waals surface area contributed by atoms with E-state index in [1.807, 2.05) is 25.7 Å². The lowest BCUT2D eigenvalue weighted by Gasteiger charge is -2.52. The van der Waals surface area contributed by atoms with Crippen LogP contribution in [0.4, 0.5) is 0 Å². The molecule has 11 nitrogen and oxygen atoms in total. The minimum Gasteiger partial charge on any atom is -0.438 e. The van der Waals surface area contributed by atoms with Crippen LogP contribution in [0.1, 0.15) is 83.7 Å². The molecule has 6 fully saturated rings. The summed E-state index contributed by atoms with van der Waals surface area (Å²) < 4.78 is 17.6. The van der Waals surface area contributed by atoms with Crippen molar-refractivity contribution in [1.82, 2.24) is 20.1 Å². The van der Waals surface area contributed by atoms with Crippen LogP contribution >= 0.6 is 0 Å². The van der Waals surface area contributed by atoms with Gasteiger partial charge in [-0.15, -0.1) is 0 Å². The quantitative estimate of drug-likeness (QED) is 0.419. The van der Waals surface area contributed by atoms with Gasteiger partial charge in [0.25, 0.3) is 5.91 Å². The Hall–Kier alpha value is -2.50. The average molecular weight is 601 g/mol. The van der Waals surface area contributed by atoms with E-state index < -0.39 is 34.5 Å². The van der Waals surface area contributed by atoms with E-state index in [0.717, 1.165) is 38.5 Å². The third kappa shape index (κ3) is 5.73. The summed E-state index contributed by atoms with van der Waals surface area (Å²) in [4.78, 5) is 48.2. The maximum absolute atomic E-state index is 14.1. The van der Waals surface area contributed by atoms with Gasteiger partial charge in [-0.05, 0) is 65.2 Å². The van der Waals surface area contributed by atoms with Crippen LogP contribution < -0.4 is 5.32 Å². The van der Waals surface area contributed by atoms with E-state index in [-0.39, 0.29) is 35.4 Å². The van der Waals surface area contributed by atoms with Crippen molar-refractivity contribution in [3.8, 4) is 0 Å². The van der Waals surface area contributed by atoms with Gasteiger partial charge in [-0.1, -0.05) is 13.8 Å². The number of oxazole rings is 1. The highest BCUT2D eigenvalue weighted by Gasteiger charge is 2.61. The van der Waals surface area contributed by atoms with Gasteiger partial charge in [-0.25, -0.2) is 4.98 Å². The van der Waals surface area contributed by atoms with E-state index in [9.17, 15) is 19.5 Å². The van der Waals surface area contributed by atoms with Crippen molar-refractivity contribution in [2.45, 2.75) is 97.0 Å². The van der Waals surface area contributed by atoms with Gasteiger partial charge in [0, 0.05) is 42.4 Å². The molecule has 4 aliphatic heterocycles. The lowest BCUT2D eigenvalue weighted by molar-refractivity contribution is -0.162. The third-order valence-electron chi connectivity index (χ3n) is 11.1. The zero-order valence-corrected chi connectivity index (χ0v) is 26.3. The topological polar surface area (TPSA) is 134 Å². The van der Waals surface area contributed by atoms with E-state index in [1.54, 1.807) is 18.7 Å². The number of nitrogens with zero attached hydrogens (tertiary/aromatic N) is 3. The summed E-state index contributed by atoms with van der Waals surface area (Å²) in [5.41, 5.74) is -2.29. The number of fused-ring (bicyclic) bond motifs is 3. The maximum atomic E-state index is 14.1. The van der Waals surface area contributed by atoms with Gasteiger partial charge in [0.2, 0.25) is 17.6 Å². The van der Waals surface area contributed by atoms with Gasteiger partial charge < -0.3 is 34.1 Å². The first-order valence-electron chi connectivity index (χ1n) is 16.0. The third-order valence-corrected chi connectivity index (χ3v) is 11.1. The fraction of sp³-hybridized carbons (Fsp3) is 0.812. The summed E-state index contributed by atoms with van der Waals surface area (Å²) in [5.74, 6) is -0.512. The fourth-order valence-electron chi connectivity index (χ4n) is 8.05. The van der Waals surface area contributed by atoms with Crippen LogP contribution in [-0.2, 0) is 19.1 Å². The summed E-state index contributed by atoms with van der Waals surface area (Å²) >= 11 is 0. The normalized spacial score (nSPS) is 29.8. The monoisotopic (exact) mass is 600 g/mol. The number of hydrogen-bond donors (Lipinski definition) is 2. The molecule has 2 N–H and O–H groups in total. The van der Waals surface area contributed by atoms with E-state index >= 15 is 0 Å². The van der Waals surface area contributed by atoms with Crippen LogP contribution in [0.25, 0.3) is 0 Å². The molecule has 7 rings (SSSR count). The predicted molar refractivity (Wildman–Crippen MR) is 156 cm³/mol. The largest absolute Gasteiger partial charge is 0.438 e. The molecule has 3 amide bonds. The average Bonchev–Trinajstić information content (AvgIpc) is 3.54. The predicted octanol–water partition coefficient (Wildman–Crippen LogP) is 2.63. The van der Waals surface area contributed by atoms with Crippen molar-refractivity contribution in [2.24, 2.45) is 28.1 Å². The number of aromatic nitrogens is 1. The van der Waals surface area contributed by atoms with Crippen LogP contribution in [0.2, 0.25) is 0 Å². The van der Waals surface area contributed by atoms with Gasteiger partial charge in [0.05, 0.1) is 49.2 Å². The van der Waals surface area contributed by atoms with Crippen LogP contribution in [0.15, 0.2) is 17.0 Å². The second-order valence-corrected chi connectivity index (χ2v) is 15.3. The molecule has 2 aliphatic carbocycles. The van der Waals surface area contributed by atoms with Crippen molar-refractivity contribution in [3.05, 3.63) is 18.4 Å². The molecule has 1 spiro atoms. The Morgan fingerprint density at radius 1 is 1.12 bits per heavy atom. The molecule has 2 saturated carbocycles. The maximum Gasteiger partial charge on any atom is 0.291 e. The standard InChI is InChI=1S/C32H48N4O7/c1-20(41-17-31-10-8-22(9-11-31)42-18-31)25(30(4,5)40)34-26(37)23-13-35(27(38)24-12-33-19-43-24)14-32(23)15-36(16-32)28(39)29(2,3)21-6-7-21/h12,19-23,25,40H,6-11,13-18H2,1-5H3,(H,34,37)/t20-,22?,23+,25+,31?/m1/s1. The smallest absolute Gasteiger partial charge is 0.291 e. The Morgan fingerprint density at radius 3 is 2.35 bits per heavy atom. The lowest BCUT2D eigenvalue weighted by atomic mass is 9.69. The Bertz CT molecular complexity index is 1190. The molecule has 11 heteroatoms. The van der Waals surface area contributed by atoms with E-state index in [2.05, 4.69) is 10.3 Å². The summed E-state index contributed by atoms with van der Waals surface area (Å²) in [6.45, 7) is 11.8. The number of likely N-dealkylation sites (tertiary alicyclic amines) is 2. The highest BCUT2D eigenvalue weighted by Crippen LogP contribution is 2.50. The minimum atomic E-state index is -1.26. The second kappa shape index (κ2) is 10.8. The molecule has 3 atom stereocenters. The van der Waals surface area contributed by atoms with Gasteiger partial charge in [0.1, 0.15) is 0 Å². The molecule has 0 aromatic carbocycles. The van der Waals surface area contributed by atoms with Gasteiger partial charge in [0.15, 0.2) is 6.39 Å². The van der Waals surface area contributed by atoms with Crippen molar-refractivity contribution in [3.63, 3.8) is 0 Å². The molecular formula is C32H48N4O7. The van der Waals surface area contributed by atoms with E-state index in [4.69, 9.17) is 13.9 Å². The number of aliphatic hydroxyl groups is 1. The van der Waals surface area contributed by atoms with Crippen LogP contribution in [0.5, 0.6) is 0 Å². The SMILES string of the molecule is C[C@@H](OCC12CCC(CC1)OC2)[C@H](NC(=O)[C@@H]1CN(C(=O)c2cnco2)CC12CN(C(=O)C(C)(C)C1CC1)C2)C(C)(C)O. The van der Waals surface area contributed by atoms with Crippen LogP contribution in [0.3, 0.4) is 0 Å². The number of carbonyl (C=O) groups is 3. The number of carbonyl (C=O) groups excluding carboxylic acids is 3. The Balaban J connectivity index is 1.17. The Morgan fingerprint density at radius 2 is 1.79 bits per heavy atom. The summed E-state index contributed by atoms with van der Waals surface area (Å²) in [5, 5.41) is 14.3. The van der Waals surface area contributed by atoms with Gasteiger partial charge in [-0.2, -0.15) is 0 Å². The molecule has 0 unspecified atom stereocenters. The number of rotatable bonds is 10. The second-order valence-electron chi connectivity index (χ2n) is 15.3. The molecule has 5 heterocycles. The summed E-state index contributed by atoms with van der Waals surface area (Å²) in [6.07, 6.45) is 8.87. The first-order chi connectivity index (χ1) is 20.2. The lowest BCUT2D eigenvalue weighted by Crippen LogP contribution is -2.67. The molecule has 1 aromatic rings. The molecule has 0 radical (unpaired) electrons. The zero-order chi connectivity index (χ0) is 30.8. The molecule has 238 valence electrons. The first-order valence-corrected chi connectivity index (χ1v) is 16.0. The number of amides is 3. The highest BCUT2D eigenvalue weighted by atomic mass is 16.5. The molecule has 6 aliphatic rings. The van der Waals surface area contributed by atoms with Gasteiger partial charge in [-0.3, -0.25) is 14.4 Å². The van der Waals surface area contributed by atoms with Crippen LogP contribution in [-0.4, -0.2) is 101 Å². The van der Waals surface area contributed by atoms with E-state index in [1.165, 1.54) is 12.6 Å². The zero-order valence-electron chi connectivity index (χ0n) is 26.3. The molecule has 2 bridgehead atoms. The number of nitrogens with one attached hydrogen (secondary N) is 1. The van der Waals surface area contributed by atoms with Crippen molar-refractivity contribution < 1.29 is 33.4 Å². The van der Waals surface area contributed by atoms with Crippen molar-refractivity contribution in [2.75, 3.05) is 39.4 Å².